The van der Waals surface area contributed by atoms with Crippen molar-refractivity contribution in [3.05, 3.63) is 4.91 Å². The van der Waals surface area contributed by atoms with Gasteiger partial charge in [0.15, 0.2) is 0 Å². The lowest BCUT2D eigenvalue weighted by atomic mass is 11.3. The second-order valence-electron chi connectivity index (χ2n) is 0.580. The molecule has 0 aromatic carbocycles. The third-order valence-electron chi connectivity index (χ3n) is 0.167. The molecule has 0 unspecified atom stereocenters. The summed E-state index contributed by atoms with van der Waals surface area (Å²) in [4.78, 5) is 7.45. The summed E-state index contributed by atoms with van der Waals surface area (Å²) in [7, 11) is 0. The Morgan fingerprint density at radius 1 is 1.67 bits per heavy atom. The van der Waals surface area contributed by atoms with Gasteiger partial charge in [0, 0.05) is 0 Å². The van der Waals surface area contributed by atoms with Crippen LogP contribution in [0.4, 0.5) is 8.78 Å². The van der Waals surface area contributed by atoms with Crippen molar-refractivity contribution in [2.24, 2.45) is 0 Å². The number of hydrogen-bond acceptors (Lipinski definition) is 1. The van der Waals surface area contributed by atoms with Crippen LogP contribution in [-0.4, -0.2) is 16.7 Å². The van der Waals surface area contributed by atoms with Gasteiger partial charge in [0.25, 0.3) is 4.92 Å². The molecular weight excluding hydrogens is 96.0 g/mol. The fraction of sp³-hybridized carbons (Fsp3) is 1.00. The molecule has 0 heterocycles. The van der Waals surface area contributed by atoms with Gasteiger partial charge in [-0.1, -0.05) is 0 Å². The summed E-state index contributed by atoms with van der Waals surface area (Å²) in [6.45, 7) is -3.31. The predicted octanol–water partition coefficient (Wildman–Crippen LogP) is 0.377. The van der Waals surface area contributed by atoms with E-state index in [-0.39, 0.29) is 0 Å². The minimum Gasteiger partial charge on any atom is -0.241 e. The summed E-state index contributed by atoms with van der Waals surface area (Å²) in [6, 6.07) is 0. The zero-order chi connectivity index (χ0) is 5.15. The summed E-state index contributed by atoms with van der Waals surface area (Å²) < 4.78 is 21.0. The van der Waals surface area contributed by atoms with E-state index in [0.717, 1.165) is 0 Å². The van der Waals surface area contributed by atoms with Crippen molar-refractivity contribution >= 4 is 0 Å². The molecule has 0 saturated heterocycles. The van der Waals surface area contributed by atoms with E-state index in [4.69, 9.17) is 10.1 Å². The summed E-state index contributed by atoms with van der Waals surface area (Å²) in [5, 5.41) is 7.16. The predicted molar refractivity (Wildman–Crippen MR) is 11.4 cm³/mol. The molecule has 0 saturated carbocycles. The molecular formula is CH2F2NO2+. The van der Waals surface area contributed by atoms with Gasteiger partial charge in [-0.2, -0.15) is 0 Å². The highest BCUT2D eigenvalue weighted by Gasteiger charge is 2.20. The minimum absolute atomic E-state index is 1.42. The summed E-state index contributed by atoms with van der Waals surface area (Å²) in [6.07, 6.45) is 0. The van der Waals surface area contributed by atoms with Crippen molar-refractivity contribution in [3.8, 4) is 0 Å². The first-order valence-electron chi connectivity index (χ1n) is 1.08. The van der Waals surface area contributed by atoms with Crippen molar-refractivity contribution in [1.82, 2.24) is 0 Å². The Morgan fingerprint density at radius 3 is 1.83 bits per heavy atom. The van der Waals surface area contributed by atoms with Crippen LogP contribution in [0.3, 0.4) is 0 Å². The lowest BCUT2D eigenvalue weighted by Gasteiger charge is -1.70. The summed E-state index contributed by atoms with van der Waals surface area (Å²) in [5.74, 6) is 0. The van der Waals surface area contributed by atoms with Crippen LogP contribution in [0.25, 0.3) is 0 Å². The first-order valence-corrected chi connectivity index (χ1v) is 1.08. The van der Waals surface area contributed by atoms with Crippen molar-refractivity contribution in [2.75, 3.05) is 0 Å². The Hall–Kier alpha value is -0.740. The minimum atomic E-state index is -3.31. The molecule has 0 amide bonds. The van der Waals surface area contributed by atoms with Crippen LogP contribution in [0.5, 0.6) is 0 Å². The van der Waals surface area contributed by atoms with E-state index in [1.807, 2.05) is 0 Å². The number of halogens is 2. The van der Waals surface area contributed by atoms with Gasteiger partial charge in [0.05, 0.1) is 4.91 Å². The second kappa shape index (κ2) is 1.64. The van der Waals surface area contributed by atoms with E-state index in [9.17, 15) is 8.78 Å². The molecule has 0 aromatic rings. The topological polar surface area (TPSA) is 40.3 Å². The van der Waals surface area contributed by atoms with Crippen LogP contribution in [0.2, 0.25) is 0 Å². The monoisotopic (exact) mass is 98.0 g/mol. The lowest BCUT2D eigenvalue weighted by molar-refractivity contribution is -0.847. The molecule has 6 heavy (non-hydrogen) atoms. The molecule has 0 rings (SSSR count). The Morgan fingerprint density at radius 2 is 1.83 bits per heavy atom. The molecule has 0 atom stereocenters. The normalized spacial score (nSPS) is 9.17. The van der Waals surface area contributed by atoms with Crippen LogP contribution in [-0.2, 0) is 0 Å². The molecule has 0 aliphatic heterocycles. The van der Waals surface area contributed by atoms with Crippen molar-refractivity contribution in [1.29, 1.82) is 0 Å². The molecule has 0 aliphatic carbocycles. The molecule has 0 aliphatic rings. The van der Waals surface area contributed by atoms with Gasteiger partial charge in [0.1, 0.15) is 0 Å². The first-order chi connectivity index (χ1) is 2.64. The van der Waals surface area contributed by atoms with Gasteiger partial charge in [-0.05, 0) is 0 Å². The SMILES string of the molecule is O=[N+](O)C(F)F. The molecule has 1 N–H and O–H groups in total. The molecule has 0 aromatic heterocycles. The smallest absolute Gasteiger partial charge is 0.241 e. The number of rotatable bonds is 1. The molecule has 0 bridgehead atoms. The van der Waals surface area contributed by atoms with Crippen molar-refractivity contribution in [3.63, 3.8) is 0 Å². The molecule has 3 nitrogen and oxygen atoms in total. The Bertz CT molecular complexity index is 62.6. The Balaban J connectivity index is 3.26. The number of hydrogen-bond donors (Lipinski definition) is 1. The Labute approximate surface area is 31.7 Å². The van der Waals surface area contributed by atoms with Crippen LogP contribution < -0.4 is 0 Å². The first kappa shape index (κ1) is 5.26. The third-order valence-corrected chi connectivity index (χ3v) is 0.167. The summed E-state index contributed by atoms with van der Waals surface area (Å²) >= 11 is 0. The van der Waals surface area contributed by atoms with E-state index >= 15 is 0 Å². The van der Waals surface area contributed by atoms with E-state index in [0.29, 0.717) is 0 Å². The van der Waals surface area contributed by atoms with Crippen LogP contribution in [0.1, 0.15) is 0 Å². The fourth-order valence-corrected chi connectivity index (χ4v) is 0. The second-order valence-corrected chi connectivity index (χ2v) is 0.580. The van der Waals surface area contributed by atoms with E-state index in [1.165, 1.54) is 0 Å². The van der Waals surface area contributed by atoms with Crippen molar-refractivity contribution in [2.45, 2.75) is 6.55 Å². The van der Waals surface area contributed by atoms with Gasteiger partial charge < -0.3 is 0 Å². The molecule has 5 heteroatoms. The molecule has 0 spiro atoms. The highest BCUT2D eigenvalue weighted by molar-refractivity contribution is 3.88. The molecule has 36 valence electrons. The fourth-order valence-electron chi connectivity index (χ4n) is 0. The van der Waals surface area contributed by atoms with Gasteiger partial charge in [-0.15, -0.1) is 8.78 Å². The maximum Gasteiger partial charge on any atom is 0.543 e. The standard InChI is InChI=1S/CH2F2NO2/c2-1(3)4(5)6/h1H,(H,5,6)/q+1. The van der Waals surface area contributed by atoms with Crippen LogP contribution >= 0.6 is 0 Å². The van der Waals surface area contributed by atoms with Crippen LogP contribution in [0, 0.1) is 4.91 Å². The third kappa shape index (κ3) is 1.57. The van der Waals surface area contributed by atoms with Gasteiger partial charge >= 0.3 is 6.55 Å². The average Bonchev–Trinajstić information content (AvgIpc) is 1.36. The quantitative estimate of drug-likeness (QED) is 0.380. The van der Waals surface area contributed by atoms with Crippen molar-refractivity contribution < 1.29 is 18.9 Å². The van der Waals surface area contributed by atoms with E-state index < -0.39 is 11.5 Å². The number of alkyl halides is 2. The zero-order valence-corrected chi connectivity index (χ0v) is 2.64. The van der Waals surface area contributed by atoms with Gasteiger partial charge in [0.2, 0.25) is 0 Å². The van der Waals surface area contributed by atoms with Crippen LogP contribution in [0.15, 0.2) is 0 Å². The van der Waals surface area contributed by atoms with Gasteiger partial charge in [-0.25, -0.2) is 5.21 Å². The Kier molecular flexibility index (Phi) is 1.43. The summed E-state index contributed by atoms with van der Waals surface area (Å²) in [5.41, 5.74) is 0. The molecule has 0 fully saturated rings. The maximum absolute atomic E-state index is 10.5. The lowest BCUT2D eigenvalue weighted by Crippen LogP contribution is -2.07. The largest absolute Gasteiger partial charge is 0.543 e. The van der Waals surface area contributed by atoms with Gasteiger partial charge in [-0.3, -0.25) is 0 Å². The highest BCUT2D eigenvalue weighted by atomic mass is 19.3. The molecule has 0 radical (unpaired) electrons. The highest BCUT2D eigenvalue weighted by Crippen LogP contribution is 1.87. The van der Waals surface area contributed by atoms with E-state index in [1.54, 1.807) is 0 Å². The maximum atomic E-state index is 10.5. The number of nitrogens with zero attached hydrogens (tertiary/aromatic N) is 1. The van der Waals surface area contributed by atoms with E-state index in [2.05, 4.69) is 0 Å². The zero-order valence-electron chi connectivity index (χ0n) is 2.64. The average molecular weight is 98.0 g/mol.